The average Bonchev–Trinajstić information content (AvgIpc) is 2.26. The third kappa shape index (κ3) is 6.08. The first-order chi connectivity index (χ1) is 8.11. The molecule has 1 N–H and O–H groups in total. The average molecular weight is 319 g/mol. The molecule has 1 aromatic rings. The molecule has 1 aromatic carbocycles. The Kier molecular flexibility index (Phi) is 6.60. The number of alkyl halides is 1. The monoisotopic (exact) mass is 317 g/mol. The van der Waals surface area contributed by atoms with Crippen LogP contribution in [0.1, 0.15) is 25.3 Å². The van der Waals surface area contributed by atoms with Crippen molar-refractivity contribution in [2.24, 2.45) is 0 Å². The van der Waals surface area contributed by atoms with E-state index < -0.39 is 0 Å². The van der Waals surface area contributed by atoms with Crippen LogP contribution in [-0.4, -0.2) is 17.8 Å². The van der Waals surface area contributed by atoms with Gasteiger partial charge in [-0.05, 0) is 37.5 Å². The van der Waals surface area contributed by atoms with Crippen molar-refractivity contribution in [2.75, 3.05) is 5.88 Å². The molecule has 1 amide bonds. The van der Waals surface area contributed by atoms with Gasteiger partial charge in [0, 0.05) is 16.4 Å². The minimum absolute atomic E-state index is 0.0603. The van der Waals surface area contributed by atoms with Gasteiger partial charge in [0.25, 0.3) is 0 Å². The Morgan fingerprint density at radius 1 is 1.53 bits per heavy atom. The highest BCUT2D eigenvalue weighted by molar-refractivity contribution is 9.10. The summed E-state index contributed by atoms with van der Waals surface area (Å²) in [7, 11) is 0. The summed E-state index contributed by atoms with van der Waals surface area (Å²) in [6.45, 7) is 2.01. The lowest BCUT2D eigenvalue weighted by Gasteiger charge is -2.13. The van der Waals surface area contributed by atoms with Crippen molar-refractivity contribution >= 4 is 33.4 Å². The Morgan fingerprint density at radius 2 is 2.29 bits per heavy atom. The SMILES string of the molecule is CC(CCCCl)NC(=O)Cc1cccc(Br)c1. The molecule has 1 atom stereocenters. The summed E-state index contributed by atoms with van der Waals surface area (Å²) in [6, 6.07) is 7.98. The summed E-state index contributed by atoms with van der Waals surface area (Å²) in [5.41, 5.74) is 1.02. The van der Waals surface area contributed by atoms with E-state index in [2.05, 4.69) is 21.2 Å². The van der Waals surface area contributed by atoms with Crippen LogP contribution in [0.15, 0.2) is 28.7 Å². The summed E-state index contributed by atoms with van der Waals surface area (Å²) in [4.78, 5) is 11.7. The zero-order valence-corrected chi connectivity index (χ0v) is 12.2. The van der Waals surface area contributed by atoms with Crippen LogP contribution in [0.2, 0.25) is 0 Å². The van der Waals surface area contributed by atoms with Crippen molar-refractivity contribution in [3.05, 3.63) is 34.3 Å². The second-order valence-corrected chi connectivity index (χ2v) is 5.40. The van der Waals surface area contributed by atoms with Gasteiger partial charge in [-0.2, -0.15) is 0 Å². The molecule has 0 bridgehead atoms. The minimum Gasteiger partial charge on any atom is -0.353 e. The molecule has 0 saturated carbocycles. The Balaban J connectivity index is 2.39. The van der Waals surface area contributed by atoms with Crippen molar-refractivity contribution in [3.8, 4) is 0 Å². The highest BCUT2D eigenvalue weighted by Gasteiger charge is 2.07. The Morgan fingerprint density at radius 3 is 2.94 bits per heavy atom. The van der Waals surface area contributed by atoms with Gasteiger partial charge in [-0.1, -0.05) is 28.1 Å². The van der Waals surface area contributed by atoms with Crippen LogP contribution in [0.4, 0.5) is 0 Å². The molecule has 0 aliphatic heterocycles. The topological polar surface area (TPSA) is 29.1 Å². The van der Waals surface area contributed by atoms with E-state index in [0.717, 1.165) is 22.9 Å². The Labute approximate surface area is 116 Å². The smallest absolute Gasteiger partial charge is 0.224 e. The number of carbonyl (C=O) groups excluding carboxylic acids is 1. The van der Waals surface area contributed by atoms with Gasteiger partial charge < -0.3 is 5.32 Å². The van der Waals surface area contributed by atoms with Crippen LogP contribution in [0.3, 0.4) is 0 Å². The summed E-state index contributed by atoms with van der Waals surface area (Å²) in [5, 5.41) is 2.97. The molecule has 0 spiro atoms. The molecule has 0 fully saturated rings. The van der Waals surface area contributed by atoms with Gasteiger partial charge in [-0.3, -0.25) is 4.79 Å². The van der Waals surface area contributed by atoms with E-state index in [9.17, 15) is 4.79 Å². The predicted molar refractivity (Wildman–Crippen MR) is 75.4 cm³/mol. The van der Waals surface area contributed by atoms with Gasteiger partial charge in [0.15, 0.2) is 0 Å². The molecular formula is C13H17BrClNO. The fourth-order valence-electron chi connectivity index (χ4n) is 1.61. The van der Waals surface area contributed by atoms with E-state index >= 15 is 0 Å². The lowest BCUT2D eigenvalue weighted by Crippen LogP contribution is -2.33. The quantitative estimate of drug-likeness (QED) is 0.799. The summed E-state index contributed by atoms with van der Waals surface area (Å²) < 4.78 is 0.998. The van der Waals surface area contributed by atoms with Gasteiger partial charge in [0.2, 0.25) is 5.91 Å². The number of hydrogen-bond donors (Lipinski definition) is 1. The molecule has 0 aliphatic carbocycles. The number of hydrogen-bond acceptors (Lipinski definition) is 1. The molecule has 17 heavy (non-hydrogen) atoms. The van der Waals surface area contributed by atoms with Crippen LogP contribution in [0, 0.1) is 0 Å². The standard InChI is InChI=1S/C13H17BrClNO/c1-10(4-3-7-15)16-13(17)9-11-5-2-6-12(14)8-11/h2,5-6,8,10H,3-4,7,9H2,1H3,(H,16,17). The number of rotatable bonds is 6. The van der Waals surface area contributed by atoms with Crippen LogP contribution < -0.4 is 5.32 Å². The van der Waals surface area contributed by atoms with Crippen LogP contribution in [0.5, 0.6) is 0 Å². The zero-order chi connectivity index (χ0) is 12.7. The van der Waals surface area contributed by atoms with Crippen molar-refractivity contribution < 1.29 is 4.79 Å². The van der Waals surface area contributed by atoms with Gasteiger partial charge in [-0.15, -0.1) is 11.6 Å². The minimum atomic E-state index is 0.0603. The number of nitrogens with one attached hydrogen (secondary N) is 1. The molecule has 94 valence electrons. The first-order valence-electron chi connectivity index (χ1n) is 5.71. The lowest BCUT2D eigenvalue weighted by atomic mass is 10.1. The number of carbonyl (C=O) groups is 1. The summed E-state index contributed by atoms with van der Waals surface area (Å²) in [6.07, 6.45) is 2.28. The van der Waals surface area contributed by atoms with Crippen LogP contribution >= 0.6 is 27.5 Å². The first-order valence-corrected chi connectivity index (χ1v) is 7.04. The van der Waals surface area contributed by atoms with Crippen molar-refractivity contribution in [1.29, 1.82) is 0 Å². The van der Waals surface area contributed by atoms with E-state index in [1.165, 1.54) is 0 Å². The molecule has 0 saturated heterocycles. The van der Waals surface area contributed by atoms with E-state index in [-0.39, 0.29) is 11.9 Å². The zero-order valence-electron chi connectivity index (χ0n) is 9.88. The van der Waals surface area contributed by atoms with E-state index in [1.807, 2.05) is 31.2 Å². The second-order valence-electron chi connectivity index (χ2n) is 4.11. The lowest BCUT2D eigenvalue weighted by molar-refractivity contribution is -0.121. The second kappa shape index (κ2) is 7.72. The third-order valence-electron chi connectivity index (χ3n) is 2.43. The van der Waals surface area contributed by atoms with E-state index in [0.29, 0.717) is 12.3 Å². The first kappa shape index (κ1) is 14.5. The van der Waals surface area contributed by atoms with Crippen LogP contribution in [0.25, 0.3) is 0 Å². The fraction of sp³-hybridized carbons (Fsp3) is 0.462. The molecule has 0 aromatic heterocycles. The molecule has 1 unspecified atom stereocenters. The van der Waals surface area contributed by atoms with Gasteiger partial charge >= 0.3 is 0 Å². The molecule has 4 heteroatoms. The predicted octanol–water partition coefficient (Wildman–Crippen LogP) is 3.52. The molecule has 0 radical (unpaired) electrons. The fourth-order valence-corrected chi connectivity index (χ4v) is 2.21. The van der Waals surface area contributed by atoms with Crippen molar-refractivity contribution in [2.45, 2.75) is 32.2 Å². The highest BCUT2D eigenvalue weighted by atomic mass is 79.9. The summed E-state index contributed by atoms with van der Waals surface area (Å²) >= 11 is 9.00. The van der Waals surface area contributed by atoms with E-state index in [4.69, 9.17) is 11.6 Å². The molecule has 1 rings (SSSR count). The van der Waals surface area contributed by atoms with Gasteiger partial charge in [-0.25, -0.2) is 0 Å². The molecule has 0 heterocycles. The van der Waals surface area contributed by atoms with Gasteiger partial charge in [0.1, 0.15) is 0 Å². The molecule has 2 nitrogen and oxygen atoms in total. The van der Waals surface area contributed by atoms with E-state index in [1.54, 1.807) is 0 Å². The number of amides is 1. The maximum absolute atomic E-state index is 11.7. The van der Waals surface area contributed by atoms with Crippen molar-refractivity contribution in [3.63, 3.8) is 0 Å². The summed E-state index contributed by atoms with van der Waals surface area (Å²) in [5.74, 6) is 0.705. The highest BCUT2D eigenvalue weighted by Crippen LogP contribution is 2.12. The Bertz CT molecular complexity index is 370. The normalized spacial score (nSPS) is 12.2. The maximum Gasteiger partial charge on any atom is 0.224 e. The van der Waals surface area contributed by atoms with Crippen LogP contribution in [-0.2, 0) is 11.2 Å². The number of halogens is 2. The third-order valence-corrected chi connectivity index (χ3v) is 3.19. The Hall–Kier alpha value is -0.540. The molecular weight excluding hydrogens is 302 g/mol. The van der Waals surface area contributed by atoms with Crippen molar-refractivity contribution in [1.82, 2.24) is 5.32 Å². The maximum atomic E-state index is 11.7. The largest absolute Gasteiger partial charge is 0.353 e. The molecule has 0 aliphatic rings. The number of benzene rings is 1. The van der Waals surface area contributed by atoms with Gasteiger partial charge in [0.05, 0.1) is 6.42 Å².